The Morgan fingerprint density at radius 1 is 1.10 bits per heavy atom. The number of piperazine rings is 1. The van der Waals surface area contributed by atoms with Crippen LogP contribution in [0.2, 0.25) is 0 Å². The van der Waals surface area contributed by atoms with E-state index in [1.165, 1.54) is 12.1 Å². The number of H-pyrrole nitrogens is 1. The van der Waals surface area contributed by atoms with E-state index in [9.17, 15) is 14.0 Å². The van der Waals surface area contributed by atoms with Crippen molar-refractivity contribution in [3.8, 4) is 11.3 Å². The second kappa shape index (κ2) is 8.18. The minimum Gasteiger partial charge on any atom is -0.451 e. The number of aromatic nitrogens is 1. The Labute approximate surface area is 173 Å². The highest BCUT2D eigenvalue weighted by atomic mass is 19.1. The van der Waals surface area contributed by atoms with Gasteiger partial charge in [0.05, 0.1) is 0 Å². The molecule has 0 unspecified atom stereocenters. The van der Waals surface area contributed by atoms with E-state index in [0.29, 0.717) is 49.6 Å². The summed E-state index contributed by atoms with van der Waals surface area (Å²) >= 11 is 0. The first-order valence-corrected chi connectivity index (χ1v) is 10.1. The van der Waals surface area contributed by atoms with E-state index in [0.717, 1.165) is 11.3 Å². The minimum atomic E-state index is -0.259. The third-order valence-corrected chi connectivity index (χ3v) is 5.54. The Kier molecular flexibility index (Phi) is 5.44. The van der Waals surface area contributed by atoms with Crippen molar-refractivity contribution in [1.29, 1.82) is 0 Å². The maximum atomic E-state index is 13.1. The molecule has 1 saturated heterocycles. The second-order valence-electron chi connectivity index (χ2n) is 7.44. The fourth-order valence-corrected chi connectivity index (χ4v) is 3.76. The van der Waals surface area contributed by atoms with Crippen molar-refractivity contribution in [2.45, 2.75) is 20.3 Å². The van der Waals surface area contributed by atoms with Crippen molar-refractivity contribution in [1.82, 2.24) is 9.88 Å². The molecule has 7 heteroatoms. The van der Waals surface area contributed by atoms with Crippen molar-refractivity contribution >= 4 is 11.6 Å². The van der Waals surface area contributed by atoms with Gasteiger partial charge in [-0.1, -0.05) is 6.92 Å². The number of hydrogen-bond donors (Lipinski definition) is 1. The summed E-state index contributed by atoms with van der Waals surface area (Å²) in [6, 6.07) is 11.7. The molecule has 0 atom stereocenters. The van der Waals surface area contributed by atoms with Gasteiger partial charge in [0.1, 0.15) is 11.6 Å². The predicted octanol–water partition coefficient (Wildman–Crippen LogP) is 3.61. The Bertz CT molecular complexity index is 1110. The van der Waals surface area contributed by atoms with E-state index in [1.54, 1.807) is 29.2 Å². The summed E-state index contributed by atoms with van der Waals surface area (Å²) in [5, 5.41) is 0. The zero-order valence-electron chi connectivity index (χ0n) is 17.1. The van der Waals surface area contributed by atoms with Crippen LogP contribution >= 0.6 is 0 Å². The fraction of sp³-hybridized carbons (Fsp3) is 0.304. The molecule has 1 aromatic carbocycles. The molecule has 1 aliphatic rings. The summed E-state index contributed by atoms with van der Waals surface area (Å²) in [6.07, 6.45) is 0.618. The Morgan fingerprint density at radius 2 is 1.80 bits per heavy atom. The van der Waals surface area contributed by atoms with Crippen LogP contribution in [0.3, 0.4) is 0 Å². The van der Waals surface area contributed by atoms with Gasteiger partial charge < -0.3 is 19.2 Å². The van der Waals surface area contributed by atoms with Crippen LogP contribution in [0.15, 0.2) is 51.7 Å². The lowest BCUT2D eigenvalue weighted by Gasteiger charge is -2.35. The Hall–Kier alpha value is -3.35. The summed E-state index contributed by atoms with van der Waals surface area (Å²) in [6.45, 7) is 6.20. The number of hydrogen-bond acceptors (Lipinski definition) is 4. The van der Waals surface area contributed by atoms with Crippen molar-refractivity contribution in [2.24, 2.45) is 0 Å². The number of rotatable bonds is 4. The monoisotopic (exact) mass is 409 g/mol. The normalized spacial score (nSPS) is 14.2. The number of pyridine rings is 1. The average Bonchev–Trinajstić information content (AvgIpc) is 3.24. The van der Waals surface area contributed by atoms with Gasteiger partial charge in [-0.25, -0.2) is 4.39 Å². The van der Waals surface area contributed by atoms with Crippen molar-refractivity contribution in [3.63, 3.8) is 0 Å². The second-order valence-corrected chi connectivity index (χ2v) is 7.44. The zero-order chi connectivity index (χ0) is 21.3. The zero-order valence-corrected chi connectivity index (χ0v) is 17.1. The van der Waals surface area contributed by atoms with Gasteiger partial charge in [-0.05, 0) is 55.8 Å². The Balaban J connectivity index is 1.46. The van der Waals surface area contributed by atoms with Gasteiger partial charge in [-0.2, -0.15) is 0 Å². The molecule has 1 amide bonds. The number of carbonyl (C=O) groups is 1. The van der Waals surface area contributed by atoms with Crippen molar-refractivity contribution in [3.05, 3.63) is 75.7 Å². The van der Waals surface area contributed by atoms with E-state index >= 15 is 0 Å². The minimum absolute atomic E-state index is 0.0966. The molecular weight excluding hydrogens is 385 g/mol. The molecule has 4 rings (SSSR count). The first-order valence-electron chi connectivity index (χ1n) is 10.1. The smallest absolute Gasteiger partial charge is 0.289 e. The number of halogens is 1. The summed E-state index contributed by atoms with van der Waals surface area (Å²) in [4.78, 5) is 31.6. The molecule has 0 saturated carbocycles. The molecule has 156 valence electrons. The predicted molar refractivity (Wildman–Crippen MR) is 113 cm³/mol. The summed E-state index contributed by atoms with van der Waals surface area (Å²) in [7, 11) is 0. The maximum absolute atomic E-state index is 13.1. The van der Waals surface area contributed by atoms with Crippen LogP contribution in [-0.4, -0.2) is 42.0 Å². The molecular formula is C23H24FN3O3. The van der Waals surface area contributed by atoms with E-state index < -0.39 is 0 Å². The van der Waals surface area contributed by atoms with E-state index in [2.05, 4.69) is 9.88 Å². The molecule has 1 aliphatic heterocycles. The highest BCUT2D eigenvalue weighted by molar-refractivity contribution is 5.92. The van der Waals surface area contributed by atoms with Gasteiger partial charge in [0.15, 0.2) is 5.76 Å². The van der Waals surface area contributed by atoms with Gasteiger partial charge in [-0.15, -0.1) is 0 Å². The van der Waals surface area contributed by atoms with Crippen molar-refractivity contribution < 1.29 is 13.6 Å². The number of aryl methyl sites for hydroxylation is 2. The van der Waals surface area contributed by atoms with E-state index in [4.69, 9.17) is 4.42 Å². The number of amides is 1. The van der Waals surface area contributed by atoms with Crippen LogP contribution in [0.1, 0.15) is 28.7 Å². The van der Waals surface area contributed by atoms with Crippen LogP contribution in [0, 0.1) is 12.7 Å². The summed E-state index contributed by atoms with van der Waals surface area (Å²) in [5.41, 5.74) is 3.02. The topological polar surface area (TPSA) is 69.6 Å². The van der Waals surface area contributed by atoms with Gasteiger partial charge in [0.2, 0.25) is 0 Å². The number of carbonyl (C=O) groups excluding carboxylic acids is 1. The SMILES string of the molecule is CCc1cc(-c2ccc(C(=O)N3CCN(c4ccc(F)cc4)CC3)o2)c(C)[nH]c1=O. The lowest BCUT2D eigenvalue weighted by atomic mass is 10.1. The molecule has 0 aliphatic carbocycles. The quantitative estimate of drug-likeness (QED) is 0.715. The highest BCUT2D eigenvalue weighted by Gasteiger charge is 2.25. The molecule has 2 aromatic heterocycles. The lowest BCUT2D eigenvalue weighted by Crippen LogP contribution is -2.48. The molecule has 6 nitrogen and oxygen atoms in total. The standard InChI is InChI=1S/C23H24FN3O3/c1-3-16-14-19(15(2)25-22(16)28)20-8-9-21(30-20)23(29)27-12-10-26(11-13-27)18-6-4-17(24)5-7-18/h4-9,14H,3,10-13H2,1-2H3,(H,25,28). The first-order chi connectivity index (χ1) is 14.5. The van der Waals surface area contributed by atoms with Gasteiger partial charge in [0, 0.05) is 48.7 Å². The molecule has 0 spiro atoms. The van der Waals surface area contributed by atoms with Crippen LogP contribution in [0.25, 0.3) is 11.3 Å². The van der Waals surface area contributed by atoms with Crippen molar-refractivity contribution in [2.75, 3.05) is 31.1 Å². The summed E-state index contributed by atoms with van der Waals surface area (Å²) in [5.74, 6) is 0.429. The number of nitrogens with zero attached hydrogens (tertiary/aromatic N) is 2. The van der Waals surface area contributed by atoms with Crippen LogP contribution in [-0.2, 0) is 6.42 Å². The highest BCUT2D eigenvalue weighted by Crippen LogP contribution is 2.26. The number of anilines is 1. The first kappa shape index (κ1) is 19.9. The fourth-order valence-electron chi connectivity index (χ4n) is 3.76. The average molecular weight is 409 g/mol. The molecule has 3 heterocycles. The largest absolute Gasteiger partial charge is 0.451 e. The Morgan fingerprint density at radius 3 is 2.47 bits per heavy atom. The maximum Gasteiger partial charge on any atom is 0.289 e. The van der Waals surface area contributed by atoms with Gasteiger partial charge in [0.25, 0.3) is 11.5 Å². The van der Waals surface area contributed by atoms with Gasteiger partial charge in [-0.3, -0.25) is 9.59 Å². The van der Waals surface area contributed by atoms with Crippen LogP contribution in [0.5, 0.6) is 0 Å². The molecule has 1 fully saturated rings. The third-order valence-electron chi connectivity index (χ3n) is 5.54. The number of furan rings is 1. The molecule has 1 N–H and O–H groups in total. The summed E-state index contributed by atoms with van der Waals surface area (Å²) < 4.78 is 19.0. The molecule has 0 radical (unpaired) electrons. The van der Waals surface area contributed by atoms with E-state index in [-0.39, 0.29) is 23.0 Å². The number of benzene rings is 1. The van der Waals surface area contributed by atoms with E-state index in [1.807, 2.05) is 19.9 Å². The molecule has 30 heavy (non-hydrogen) atoms. The molecule has 0 bridgehead atoms. The lowest BCUT2D eigenvalue weighted by molar-refractivity contribution is 0.0715. The number of nitrogens with one attached hydrogen (secondary N) is 1. The third kappa shape index (κ3) is 3.87. The van der Waals surface area contributed by atoms with Crippen LogP contribution < -0.4 is 10.5 Å². The van der Waals surface area contributed by atoms with Gasteiger partial charge >= 0.3 is 0 Å². The number of aromatic amines is 1. The van der Waals surface area contributed by atoms with Crippen LogP contribution in [0.4, 0.5) is 10.1 Å². The molecule has 3 aromatic rings.